The first kappa shape index (κ1) is 26.1. The number of halogens is 1. The SMILES string of the molecule is CN=C(NCc1cccc(C(=O)NCc2ccco2)c1)NCC(C)(C)N1CCOCC1.I. The quantitative estimate of drug-likeness (QED) is 0.264. The fraction of sp³-hybridized carbons (Fsp3) is 0.478. The maximum Gasteiger partial charge on any atom is 0.251 e. The highest BCUT2D eigenvalue weighted by molar-refractivity contribution is 14.0. The highest BCUT2D eigenvalue weighted by atomic mass is 127. The van der Waals surface area contributed by atoms with Gasteiger partial charge in [0.05, 0.1) is 26.0 Å². The largest absolute Gasteiger partial charge is 0.467 e. The van der Waals surface area contributed by atoms with Crippen LogP contribution in [0.3, 0.4) is 0 Å². The van der Waals surface area contributed by atoms with Crippen LogP contribution in [0.25, 0.3) is 0 Å². The third kappa shape index (κ3) is 7.79. The number of rotatable bonds is 8. The molecule has 0 saturated carbocycles. The van der Waals surface area contributed by atoms with Gasteiger partial charge in [0.25, 0.3) is 5.91 Å². The summed E-state index contributed by atoms with van der Waals surface area (Å²) in [6.45, 7) is 9.59. The van der Waals surface area contributed by atoms with Gasteiger partial charge in [0.2, 0.25) is 0 Å². The van der Waals surface area contributed by atoms with Crippen LogP contribution in [0, 0.1) is 0 Å². The zero-order valence-electron chi connectivity index (χ0n) is 19.0. The number of carbonyl (C=O) groups is 1. The average molecular weight is 555 g/mol. The molecular formula is C23H34IN5O3. The minimum Gasteiger partial charge on any atom is -0.467 e. The van der Waals surface area contributed by atoms with Crippen LogP contribution in [0.4, 0.5) is 0 Å². The van der Waals surface area contributed by atoms with Gasteiger partial charge >= 0.3 is 0 Å². The maximum absolute atomic E-state index is 12.4. The molecule has 0 bridgehead atoms. The molecule has 32 heavy (non-hydrogen) atoms. The number of aliphatic imine (C=N–C) groups is 1. The molecule has 1 amide bonds. The van der Waals surface area contributed by atoms with E-state index in [4.69, 9.17) is 9.15 Å². The Kier molecular flexibility index (Phi) is 10.5. The number of hydrogen-bond acceptors (Lipinski definition) is 5. The molecule has 1 aliphatic rings. The molecule has 3 rings (SSSR count). The van der Waals surface area contributed by atoms with Gasteiger partial charge in [-0.1, -0.05) is 12.1 Å². The van der Waals surface area contributed by atoms with Crippen LogP contribution in [0.1, 0.15) is 35.5 Å². The van der Waals surface area contributed by atoms with Crippen molar-refractivity contribution in [2.24, 2.45) is 4.99 Å². The molecule has 0 radical (unpaired) electrons. The lowest BCUT2D eigenvalue weighted by Crippen LogP contribution is -2.56. The Hall–Kier alpha value is -2.11. The zero-order chi connectivity index (χ0) is 22.1. The summed E-state index contributed by atoms with van der Waals surface area (Å²) in [5.74, 6) is 1.32. The highest BCUT2D eigenvalue weighted by Crippen LogP contribution is 2.15. The maximum atomic E-state index is 12.4. The van der Waals surface area contributed by atoms with Crippen molar-refractivity contribution in [3.8, 4) is 0 Å². The van der Waals surface area contributed by atoms with Crippen molar-refractivity contribution in [2.75, 3.05) is 39.9 Å². The predicted molar refractivity (Wildman–Crippen MR) is 136 cm³/mol. The Morgan fingerprint density at radius 3 is 2.56 bits per heavy atom. The van der Waals surface area contributed by atoms with Crippen LogP contribution in [-0.2, 0) is 17.8 Å². The lowest BCUT2D eigenvalue weighted by Gasteiger charge is -2.41. The Morgan fingerprint density at radius 1 is 1.09 bits per heavy atom. The Bertz CT molecular complexity index is 864. The number of furan rings is 1. The Morgan fingerprint density at radius 2 is 1.88 bits per heavy atom. The molecule has 0 atom stereocenters. The van der Waals surface area contributed by atoms with Gasteiger partial charge in [-0.2, -0.15) is 0 Å². The monoisotopic (exact) mass is 555 g/mol. The van der Waals surface area contributed by atoms with Gasteiger partial charge in [-0.3, -0.25) is 14.7 Å². The van der Waals surface area contributed by atoms with Gasteiger partial charge < -0.3 is 25.1 Å². The summed E-state index contributed by atoms with van der Waals surface area (Å²) in [5.41, 5.74) is 1.61. The fourth-order valence-corrected chi connectivity index (χ4v) is 3.49. The molecule has 1 aromatic heterocycles. The Balaban J connectivity index is 0.00000363. The highest BCUT2D eigenvalue weighted by Gasteiger charge is 2.28. The summed E-state index contributed by atoms with van der Waals surface area (Å²) in [4.78, 5) is 19.2. The summed E-state index contributed by atoms with van der Waals surface area (Å²) >= 11 is 0. The summed E-state index contributed by atoms with van der Waals surface area (Å²) < 4.78 is 10.7. The van der Waals surface area contributed by atoms with E-state index >= 15 is 0 Å². The molecule has 176 valence electrons. The number of nitrogens with one attached hydrogen (secondary N) is 3. The number of nitrogens with zero attached hydrogens (tertiary/aromatic N) is 2. The van der Waals surface area contributed by atoms with Gasteiger partial charge in [-0.25, -0.2) is 0 Å². The van der Waals surface area contributed by atoms with Crippen molar-refractivity contribution in [3.05, 3.63) is 59.5 Å². The number of morpholine rings is 1. The number of benzene rings is 1. The first-order valence-electron chi connectivity index (χ1n) is 10.6. The molecule has 2 heterocycles. The van der Waals surface area contributed by atoms with E-state index in [0.29, 0.717) is 18.7 Å². The van der Waals surface area contributed by atoms with Crippen LogP contribution in [0.15, 0.2) is 52.1 Å². The molecule has 9 heteroatoms. The summed E-state index contributed by atoms with van der Waals surface area (Å²) in [6.07, 6.45) is 1.59. The molecule has 1 aliphatic heterocycles. The van der Waals surface area contributed by atoms with E-state index in [9.17, 15) is 4.79 Å². The second kappa shape index (κ2) is 12.8. The van der Waals surface area contributed by atoms with E-state index in [-0.39, 0.29) is 35.4 Å². The van der Waals surface area contributed by atoms with E-state index in [0.717, 1.165) is 50.1 Å². The van der Waals surface area contributed by atoms with E-state index in [2.05, 4.69) is 39.7 Å². The fourth-order valence-electron chi connectivity index (χ4n) is 3.49. The molecule has 8 nitrogen and oxygen atoms in total. The van der Waals surface area contributed by atoms with Crippen LogP contribution >= 0.6 is 24.0 Å². The zero-order valence-corrected chi connectivity index (χ0v) is 21.3. The molecule has 1 saturated heterocycles. The summed E-state index contributed by atoms with van der Waals surface area (Å²) in [5, 5.41) is 9.62. The van der Waals surface area contributed by atoms with E-state index < -0.39 is 0 Å². The second-order valence-corrected chi connectivity index (χ2v) is 8.15. The van der Waals surface area contributed by atoms with E-state index in [1.807, 2.05) is 24.3 Å². The number of guanidine groups is 1. The molecule has 0 spiro atoms. The number of hydrogen-bond donors (Lipinski definition) is 3. The van der Waals surface area contributed by atoms with Crippen molar-refractivity contribution >= 4 is 35.8 Å². The molecule has 0 aliphatic carbocycles. The third-order valence-electron chi connectivity index (χ3n) is 5.43. The lowest BCUT2D eigenvalue weighted by atomic mass is 10.0. The molecular weight excluding hydrogens is 521 g/mol. The van der Waals surface area contributed by atoms with E-state index in [1.54, 1.807) is 25.4 Å². The Labute approximate surface area is 207 Å². The van der Waals surface area contributed by atoms with Crippen molar-refractivity contribution in [2.45, 2.75) is 32.5 Å². The first-order chi connectivity index (χ1) is 15.0. The summed E-state index contributed by atoms with van der Waals surface area (Å²) in [6, 6.07) is 11.2. The van der Waals surface area contributed by atoms with Gasteiger partial charge in [-0.15, -0.1) is 24.0 Å². The first-order valence-corrected chi connectivity index (χ1v) is 10.6. The van der Waals surface area contributed by atoms with Gasteiger partial charge in [0.1, 0.15) is 5.76 Å². The van der Waals surface area contributed by atoms with Crippen LogP contribution in [-0.4, -0.2) is 62.2 Å². The van der Waals surface area contributed by atoms with Gasteiger partial charge in [-0.05, 0) is 43.7 Å². The summed E-state index contributed by atoms with van der Waals surface area (Å²) in [7, 11) is 1.76. The van der Waals surface area contributed by atoms with Gasteiger partial charge in [0, 0.05) is 44.3 Å². The topological polar surface area (TPSA) is 91.1 Å². The third-order valence-corrected chi connectivity index (χ3v) is 5.43. The van der Waals surface area contributed by atoms with Crippen molar-refractivity contribution in [1.82, 2.24) is 20.9 Å². The van der Waals surface area contributed by atoms with Crippen molar-refractivity contribution in [3.63, 3.8) is 0 Å². The minimum atomic E-state index is -0.131. The molecule has 0 unspecified atom stereocenters. The number of amides is 1. The number of ether oxygens (including phenoxy) is 1. The average Bonchev–Trinajstić information content (AvgIpc) is 3.32. The van der Waals surface area contributed by atoms with Crippen LogP contribution < -0.4 is 16.0 Å². The second-order valence-electron chi connectivity index (χ2n) is 8.15. The standard InChI is InChI=1S/C23H33N5O3.HI/c1-23(2,28-9-12-30-13-10-28)17-27-22(24-3)26-15-18-6-4-7-19(14-18)21(29)25-16-20-8-5-11-31-20;/h4-8,11,14H,9-10,12-13,15-17H2,1-3H3,(H,25,29)(H2,24,26,27);1H. The van der Waals surface area contributed by atoms with Crippen LogP contribution in [0.5, 0.6) is 0 Å². The van der Waals surface area contributed by atoms with E-state index in [1.165, 1.54) is 0 Å². The van der Waals surface area contributed by atoms with Crippen molar-refractivity contribution < 1.29 is 13.9 Å². The van der Waals surface area contributed by atoms with Crippen molar-refractivity contribution in [1.29, 1.82) is 0 Å². The van der Waals surface area contributed by atoms with Crippen LogP contribution in [0.2, 0.25) is 0 Å². The molecule has 1 fully saturated rings. The normalized spacial score (nSPS) is 15.0. The minimum absolute atomic E-state index is 0. The lowest BCUT2D eigenvalue weighted by molar-refractivity contribution is -0.00834. The predicted octanol–water partition coefficient (Wildman–Crippen LogP) is 2.60. The van der Waals surface area contributed by atoms with Gasteiger partial charge in [0.15, 0.2) is 5.96 Å². The molecule has 3 N–H and O–H groups in total. The molecule has 2 aromatic rings. The number of carbonyl (C=O) groups excluding carboxylic acids is 1. The smallest absolute Gasteiger partial charge is 0.251 e. The molecule has 1 aromatic carbocycles.